The van der Waals surface area contributed by atoms with E-state index in [0.29, 0.717) is 0 Å². The van der Waals surface area contributed by atoms with Crippen LogP contribution in [0.15, 0.2) is 24.5 Å². The Kier molecular flexibility index (Phi) is 3.46. The number of methoxy groups -OCH3 is 1. The van der Waals surface area contributed by atoms with Crippen LogP contribution in [0.4, 0.5) is 0 Å². The highest BCUT2D eigenvalue weighted by Crippen LogP contribution is 2.26. The van der Waals surface area contributed by atoms with Gasteiger partial charge >= 0.3 is 0 Å². The van der Waals surface area contributed by atoms with E-state index in [-0.39, 0.29) is 0 Å². The molecule has 0 atom stereocenters. The van der Waals surface area contributed by atoms with Crippen molar-refractivity contribution in [3.8, 4) is 5.75 Å². The Hall–Kier alpha value is -1.16. The van der Waals surface area contributed by atoms with Crippen LogP contribution in [0.1, 0.15) is 18.5 Å². The Balaban J connectivity index is 1.79. The zero-order chi connectivity index (χ0) is 12.4. The first-order chi connectivity index (χ1) is 8.85. The van der Waals surface area contributed by atoms with Crippen molar-refractivity contribution in [2.45, 2.75) is 19.3 Å². The molecular formula is C14H18N2OS. The lowest BCUT2D eigenvalue weighted by molar-refractivity contribution is 0.414. The number of fused-ring (bicyclic) bond motifs is 1. The second-order valence-corrected chi connectivity index (χ2v) is 6.05. The summed E-state index contributed by atoms with van der Waals surface area (Å²) in [7, 11) is 1.69. The molecule has 0 radical (unpaired) electrons. The van der Waals surface area contributed by atoms with Crippen molar-refractivity contribution in [3.05, 3.63) is 30.2 Å². The summed E-state index contributed by atoms with van der Waals surface area (Å²) >= 11 is 2.08. The van der Waals surface area contributed by atoms with E-state index in [2.05, 4.69) is 22.4 Å². The normalized spacial score (nSPS) is 17.2. The molecule has 0 N–H and O–H groups in total. The van der Waals surface area contributed by atoms with Gasteiger partial charge in [0.2, 0.25) is 0 Å². The molecule has 96 valence electrons. The van der Waals surface area contributed by atoms with Gasteiger partial charge in [-0.05, 0) is 42.8 Å². The number of rotatable bonds is 3. The summed E-state index contributed by atoms with van der Waals surface area (Å²) in [6, 6.07) is 3.95. The zero-order valence-electron chi connectivity index (χ0n) is 10.6. The Morgan fingerprint density at radius 3 is 3.06 bits per heavy atom. The summed E-state index contributed by atoms with van der Waals surface area (Å²) in [4.78, 5) is 4.69. The molecular weight excluding hydrogens is 244 g/mol. The summed E-state index contributed by atoms with van der Waals surface area (Å²) in [5, 5.41) is 0. The van der Waals surface area contributed by atoms with E-state index in [1.165, 1.54) is 30.0 Å². The molecule has 0 saturated carbocycles. The quantitative estimate of drug-likeness (QED) is 0.850. The molecule has 4 heteroatoms. The third-order valence-electron chi connectivity index (χ3n) is 3.56. The van der Waals surface area contributed by atoms with Crippen LogP contribution in [0.3, 0.4) is 0 Å². The molecule has 0 amide bonds. The van der Waals surface area contributed by atoms with E-state index >= 15 is 0 Å². The maximum Gasteiger partial charge on any atom is 0.140 e. The second-order valence-electron chi connectivity index (χ2n) is 4.82. The maximum atomic E-state index is 5.23. The largest absolute Gasteiger partial charge is 0.497 e. The van der Waals surface area contributed by atoms with Crippen LogP contribution >= 0.6 is 11.8 Å². The Morgan fingerprint density at radius 1 is 1.44 bits per heavy atom. The Morgan fingerprint density at radius 2 is 2.28 bits per heavy atom. The van der Waals surface area contributed by atoms with Gasteiger partial charge in [0.05, 0.1) is 12.8 Å². The summed E-state index contributed by atoms with van der Waals surface area (Å²) in [6.45, 7) is 0. The van der Waals surface area contributed by atoms with Crippen LogP contribution in [0.5, 0.6) is 5.75 Å². The van der Waals surface area contributed by atoms with Crippen molar-refractivity contribution < 1.29 is 4.74 Å². The molecule has 1 fully saturated rings. The van der Waals surface area contributed by atoms with Crippen molar-refractivity contribution in [1.29, 1.82) is 0 Å². The van der Waals surface area contributed by atoms with E-state index in [4.69, 9.17) is 9.72 Å². The predicted molar refractivity (Wildman–Crippen MR) is 75.5 cm³/mol. The fourth-order valence-electron chi connectivity index (χ4n) is 2.49. The minimum atomic E-state index is 0.818. The molecule has 0 spiro atoms. The number of hydrogen-bond acceptors (Lipinski definition) is 3. The van der Waals surface area contributed by atoms with Crippen LogP contribution < -0.4 is 4.74 Å². The lowest BCUT2D eigenvalue weighted by Gasteiger charge is -2.19. The first kappa shape index (κ1) is 11.9. The molecule has 0 bridgehead atoms. The number of aromatic nitrogens is 2. The van der Waals surface area contributed by atoms with Gasteiger partial charge in [0.25, 0.3) is 0 Å². The van der Waals surface area contributed by atoms with Crippen LogP contribution in [0, 0.1) is 5.92 Å². The van der Waals surface area contributed by atoms with Gasteiger partial charge in [-0.1, -0.05) is 0 Å². The highest BCUT2D eigenvalue weighted by atomic mass is 32.2. The van der Waals surface area contributed by atoms with Crippen LogP contribution in [0.25, 0.3) is 5.65 Å². The van der Waals surface area contributed by atoms with Gasteiger partial charge in [-0.2, -0.15) is 11.8 Å². The second kappa shape index (κ2) is 5.22. The Labute approximate surface area is 112 Å². The van der Waals surface area contributed by atoms with Crippen molar-refractivity contribution in [2.24, 2.45) is 5.92 Å². The predicted octanol–water partition coefficient (Wildman–Crippen LogP) is 3.03. The first-order valence-corrected chi connectivity index (χ1v) is 7.60. The average molecular weight is 262 g/mol. The van der Waals surface area contributed by atoms with Gasteiger partial charge in [0.15, 0.2) is 0 Å². The minimum Gasteiger partial charge on any atom is -0.497 e. The summed E-state index contributed by atoms with van der Waals surface area (Å²) in [5.41, 5.74) is 2.19. The van der Waals surface area contributed by atoms with E-state index in [1.807, 2.05) is 18.3 Å². The average Bonchev–Trinajstić information content (AvgIpc) is 2.80. The van der Waals surface area contributed by atoms with E-state index in [0.717, 1.165) is 23.7 Å². The smallest absolute Gasteiger partial charge is 0.140 e. The van der Waals surface area contributed by atoms with Gasteiger partial charge in [-0.3, -0.25) is 0 Å². The van der Waals surface area contributed by atoms with Crippen molar-refractivity contribution in [1.82, 2.24) is 9.38 Å². The third kappa shape index (κ3) is 2.48. The summed E-state index contributed by atoms with van der Waals surface area (Å²) in [6.07, 6.45) is 7.95. The number of ether oxygens (including phenoxy) is 1. The monoisotopic (exact) mass is 262 g/mol. The molecule has 3 nitrogen and oxygen atoms in total. The third-order valence-corrected chi connectivity index (χ3v) is 4.60. The zero-order valence-corrected chi connectivity index (χ0v) is 11.4. The number of hydrogen-bond donors (Lipinski definition) is 0. The van der Waals surface area contributed by atoms with Gasteiger partial charge in [0, 0.05) is 18.5 Å². The molecule has 1 saturated heterocycles. The van der Waals surface area contributed by atoms with Crippen LogP contribution in [-0.4, -0.2) is 28.0 Å². The molecule has 3 heterocycles. The van der Waals surface area contributed by atoms with Crippen LogP contribution in [0.2, 0.25) is 0 Å². The fourth-order valence-corrected chi connectivity index (χ4v) is 3.69. The number of imidazole rings is 1. The molecule has 0 aliphatic carbocycles. The molecule has 0 aromatic carbocycles. The highest BCUT2D eigenvalue weighted by Gasteiger charge is 2.15. The lowest BCUT2D eigenvalue weighted by Crippen LogP contribution is -2.12. The van der Waals surface area contributed by atoms with Gasteiger partial charge in [0.1, 0.15) is 11.4 Å². The van der Waals surface area contributed by atoms with Gasteiger partial charge in [-0.25, -0.2) is 4.98 Å². The topological polar surface area (TPSA) is 26.5 Å². The molecule has 18 heavy (non-hydrogen) atoms. The van der Waals surface area contributed by atoms with E-state index in [9.17, 15) is 0 Å². The van der Waals surface area contributed by atoms with Gasteiger partial charge in [-0.15, -0.1) is 0 Å². The van der Waals surface area contributed by atoms with Crippen LogP contribution in [-0.2, 0) is 6.42 Å². The van der Waals surface area contributed by atoms with Crippen molar-refractivity contribution in [3.63, 3.8) is 0 Å². The number of thioether (sulfide) groups is 1. The highest BCUT2D eigenvalue weighted by molar-refractivity contribution is 7.99. The number of pyridine rings is 1. The maximum absolute atomic E-state index is 5.23. The van der Waals surface area contributed by atoms with Gasteiger partial charge < -0.3 is 9.14 Å². The molecule has 2 aromatic heterocycles. The molecule has 2 aromatic rings. The number of nitrogens with zero attached hydrogens (tertiary/aromatic N) is 2. The fraction of sp³-hybridized carbons (Fsp3) is 0.500. The standard InChI is InChI=1S/C14H18N2OS/c1-17-13-2-5-16-10-12(15-14(16)9-13)8-11-3-6-18-7-4-11/h2,5,9-11H,3-4,6-8H2,1H3. The van der Waals surface area contributed by atoms with Crippen molar-refractivity contribution in [2.75, 3.05) is 18.6 Å². The summed E-state index contributed by atoms with van der Waals surface area (Å²) < 4.78 is 7.30. The summed E-state index contributed by atoms with van der Waals surface area (Å²) in [5.74, 6) is 4.31. The molecule has 1 aliphatic rings. The molecule has 3 rings (SSSR count). The minimum absolute atomic E-state index is 0.818. The Bertz CT molecular complexity index is 532. The molecule has 0 unspecified atom stereocenters. The SMILES string of the molecule is COc1ccn2cc(CC3CCSCC3)nc2c1. The first-order valence-electron chi connectivity index (χ1n) is 6.44. The van der Waals surface area contributed by atoms with E-state index < -0.39 is 0 Å². The van der Waals surface area contributed by atoms with E-state index in [1.54, 1.807) is 7.11 Å². The van der Waals surface area contributed by atoms with Crippen molar-refractivity contribution >= 4 is 17.4 Å². The lowest BCUT2D eigenvalue weighted by atomic mass is 9.97. The molecule has 1 aliphatic heterocycles.